The van der Waals surface area contributed by atoms with Crippen molar-refractivity contribution in [1.29, 1.82) is 0 Å². The van der Waals surface area contributed by atoms with E-state index in [2.05, 4.69) is 15.4 Å². The number of hydrogen-bond acceptors (Lipinski definition) is 5. The van der Waals surface area contributed by atoms with Crippen LogP contribution in [0.4, 0.5) is 8.78 Å². The summed E-state index contributed by atoms with van der Waals surface area (Å²) in [6.45, 7) is 6.03. The van der Waals surface area contributed by atoms with E-state index >= 15 is 0 Å². The van der Waals surface area contributed by atoms with Crippen LogP contribution in [0.1, 0.15) is 74.3 Å². The molecule has 1 aliphatic heterocycles. The van der Waals surface area contributed by atoms with Crippen molar-refractivity contribution >= 4 is 5.91 Å². The van der Waals surface area contributed by atoms with Crippen LogP contribution in [-0.2, 0) is 17.9 Å². The first-order chi connectivity index (χ1) is 16.7. The molecule has 2 aliphatic carbocycles. The van der Waals surface area contributed by atoms with Gasteiger partial charge in [0.25, 0.3) is 11.5 Å². The quantitative estimate of drug-likeness (QED) is 0.609. The lowest BCUT2D eigenvalue weighted by atomic mass is 9.84. The van der Waals surface area contributed by atoms with Gasteiger partial charge in [-0.15, -0.1) is 0 Å². The summed E-state index contributed by atoms with van der Waals surface area (Å²) in [6.07, 6.45) is 6.14. The largest absolute Gasteiger partial charge is 0.355 e. The highest BCUT2D eigenvalue weighted by Crippen LogP contribution is 2.59. The number of pyridine rings is 1. The van der Waals surface area contributed by atoms with Gasteiger partial charge < -0.3 is 19.3 Å². The summed E-state index contributed by atoms with van der Waals surface area (Å²) in [5.41, 5.74) is 0.846. The van der Waals surface area contributed by atoms with Crippen molar-refractivity contribution in [2.75, 3.05) is 19.6 Å². The second-order valence-corrected chi connectivity index (χ2v) is 10.7. The third kappa shape index (κ3) is 4.79. The molecule has 1 amide bonds. The van der Waals surface area contributed by atoms with Gasteiger partial charge in [0, 0.05) is 50.1 Å². The van der Waals surface area contributed by atoms with E-state index in [1.165, 1.54) is 16.7 Å². The summed E-state index contributed by atoms with van der Waals surface area (Å²) in [7, 11) is 0. The second kappa shape index (κ2) is 9.15. The predicted octanol–water partition coefficient (Wildman–Crippen LogP) is 3.92. The maximum Gasteiger partial charge on any atom is 0.304 e. The van der Waals surface area contributed by atoms with Crippen molar-refractivity contribution in [3.63, 3.8) is 0 Å². The van der Waals surface area contributed by atoms with Crippen LogP contribution < -0.4 is 10.9 Å². The van der Waals surface area contributed by atoms with E-state index in [1.54, 1.807) is 12.1 Å². The Bertz CT molecular complexity index is 1130. The molecule has 0 unspecified atom stereocenters. The van der Waals surface area contributed by atoms with Crippen LogP contribution in [-0.4, -0.2) is 46.2 Å². The molecule has 3 fully saturated rings. The molecule has 0 spiro atoms. The molecule has 3 heterocycles. The predicted molar refractivity (Wildman–Crippen MR) is 127 cm³/mol. The number of fused-ring (bicyclic) bond motifs is 1. The van der Waals surface area contributed by atoms with E-state index in [-0.39, 0.29) is 28.7 Å². The van der Waals surface area contributed by atoms with Crippen LogP contribution >= 0.6 is 0 Å². The number of hydrogen-bond donors (Lipinski definition) is 1. The van der Waals surface area contributed by atoms with Crippen LogP contribution in [0.15, 0.2) is 33.6 Å². The lowest BCUT2D eigenvalue weighted by molar-refractivity contribution is -0.0105. The minimum absolute atomic E-state index is 0.105. The van der Waals surface area contributed by atoms with Crippen molar-refractivity contribution < 1.29 is 18.1 Å². The van der Waals surface area contributed by atoms with Gasteiger partial charge in [0.15, 0.2) is 0 Å². The Hall–Kier alpha value is -2.55. The van der Waals surface area contributed by atoms with Gasteiger partial charge in [-0.1, -0.05) is 11.2 Å². The molecule has 35 heavy (non-hydrogen) atoms. The van der Waals surface area contributed by atoms with Gasteiger partial charge in [-0.25, -0.2) is 0 Å². The van der Waals surface area contributed by atoms with E-state index in [9.17, 15) is 18.4 Å². The fourth-order valence-corrected chi connectivity index (χ4v) is 6.14. The molecule has 0 radical (unpaired) electrons. The lowest BCUT2D eigenvalue weighted by Gasteiger charge is -2.30. The highest BCUT2D eigenvalue weighted by molar-refractivity contribution is 5.92. The van der Waals surface area contributed by atoms with Crippen molar-refractivity contribution in [3.05, 3.63) is 51.8 Å². The standard InChI is InChI=1S/C26H34F2N4O3/c1-3-32-20(5-4-6-23(32)33)24(34)29-19-9-7-17(8-10-19)11-12-31-15-18-14-26(18,16-31)21-13-22(35-30-21)25(2,27)28/h4-6,13,17-19H,3,7-12,14-16H2,1-2H3,(H,29,34)/t17?,18-,19?,26-/m0/s1. The first-order valence-electron chi connectivity index (χ1n) is 12.8. The zero-order chi connectivity index (χ0) is 24.8. The minimum atomic E-state index is -3.00. The van der Waals surface area contributed by atoms with Crippen molar-refractivity contribution in [2.45, 2.75) is 76.3 Å². The topological polar surface area (TPSA) is 80.4 Å². The molecule has 7 nitrogen and oxygen atoms in total. The Kier molecular flexibility index (Phi) is 6.32. The number of rotatable bonds is 8. The Balaban J connectivity index is 1.07. The molecule has 9 heteroatoms. The monoisotopic (exact) mass is 488 g/mol. The van der Waals surface area contributed by atoms with Gasteiger partial charge >= 0.3 is 5.92 Å². The highest BCUT2D eigenvalue weighted by atomic mass is 19.3. The van der Waals surface area contributed by atoms with E-state index in [0.717, 1.165) is 65.1 Å². The SMILES string of the molecule is CCn1c(C(=O)NC2CCC(CCN3C[C@@H]4C[C@]4(c4cc(C(C)(F)F)on4)C3)CC2)cccc1=O. The van der Waals surface area contributed by atoms with Crippen molar-refractivity contribution in [2.24, 2.45) is 11.8 Å². The van der Waals surface area contributed by atoms with Crippen LogP contribution in [0.3, 0.4) is 0 Å². The molecular formula is C26H34F2N4O3. The van der Waals surface area contributed by atoms with Gasteiger partial charge in [0.05, 0.1) is 5.69 Å². The summed E-state index contributed by atoms with van der Waals surface area (Å²) >= 11 is 0. The van der Waals surface area contributed by atoms with Gasteiger partial charge in [-0.3, -0.25) is 9.59 Å². The van der Waals surface area contributed by atoms with Crippen LogP contribution in [0.5, 0.6) is 0 Å². The van der Waals surface area contributed by atoms with Gasteiger partial charge in [0.2, 0.25) is 5.76 Å². The van der Waals surface area contributed by atoms with E-state index in [0.29, 0.717) is 29.8 Å². The lowest BCUT2D eigenvalue weighted by Crippen LogP contribution is -2.40. The first-order valence-corrected chi connectivity index (χ1v) is 12.8. The number of nitrogens with one attached hydrogen (secondary N) is 1. The Morgan fingerprint density at radius 3 is 2.74 bits per heavy atom. The summed E-state index contributed by atoms with van der Waals surface area (Å²) < 4.78 is 33.5. The second-order valence-electron chi connectivity index (χ2n) is 10.7. The van der Waals surface area contributed by atoms with E-state index < -0.39 is 5.92 Å². The van der Waals surface area contributed by atoms with Gasteiger partial charge in [-0.2, -0.15) is 8.78 Å². The number of halogens is 2. The molecule has 1 saturated heterocycles. The molecule has 2 aromatic rings. The summed E-state index contributed by atoms with van der Waals surface area (Å²) in [5, 5.41) is 7.12. The number of carbonyl (C=O) groups is 1. The Morgan fingerprint density at radius 2 is 2.06 bits per heavy atom. The molecular weight excluding hydrogens is 454 g/mol. The zero-order valence-corrected chi connectivity index (χ0v) is 20.4. The minimum Gasteiger partial charge on any atom is -0.355 e. The number of nitrogens with zero attached hydrogens (tertiary/aromatic N) is 3. The number of alkyl halides is 2. The third-order valence-electron chi connectivity index (χ3n) is 8.30. The molecule has 2 atom stereocenters. The summed E-state index contributed by atoms with van der Waals surface area (Å²) in [6, 6.07) is 6.40. The first kappa shape index (κ1) is 24.2. The summed E-state index contributed by atoms with van der Waals surface area (Å²) in [4.78, 5) is 27.2. The Morgan fingerprint density at radius 1 is 1.29 bits per heavy atom. The average molecular weight is 489 g/mol. The molecule has 5 rings (SSSR count). The molecule has 2 saturated carbocycles. The highest BCUT2D eigenvalue weighted by Gasteiger charge is 2.62. The molecule has 190 valence electrons. The third-order valence-corrected chi connectivity index (χ3v) is 8.30. The maximum absolute atomic E-state index is 13.5. The smallest absolute Gasteiger partial charge is 0.304 e. The number of aromatic nitrogens is 2. The van der Waals surface area contributed by atoms with Crippen LogP contribution in [0.25, 0.3) is 0 Å². The number of piperidine rings is 1. The fourth-order valence-electron chi connectivity index (χ4n) is 6.14. The zero-order valence-electron chi connectivity index (χ0n) is 20.4. The molecule has 0 aromatic carbocycles. The normalized spacial score (nSPS) is 28.6. The molecule has 2 aromatic heterocycles. The van der Waals surface area contributed by atoms with Crippen molar-refractivity contribution in [1.82, 2.24) is 19.9 Å². The molecule has 1 N–H and O–H groups in total. The van der Waals surface area contributed by atoms with Crippen LogP contribution in [0.2, 0.25) is 0 Å². The molecule has 3 aliphatic rings. The number of carbonyl (C=O) groups excluding carboxylic acids is 1. The average Bonchev–Trinajstić information content (AvgIpc) is 3.16. The van der Waals surface area contributed by atoms with E-state index in [1.807, 2.05) is 6.92 Å². The van der Waals surface area contributed by atoms with Crippen LogP contribution in [0, 0.1) is 11.8 Å². The molecule has 0 bridgehead atoms. The van der Waals surface area contributed by atoms with E-state index in [4.69, 9.17) is 4.52 Å². The summed E-state index contributed by atoms with van der Waals surface area (Å²) in [5.74, 6) is -2.42. The fraction of sp³-hybridized carbons (Fsp3) is 0.654. The van der Waals surface area contributed by atoms with Gasteiger partial charge in [-0.05, 0) is 69.9 Å². The number of amides is 1. The van der Waals surface area contributed by atoms with Crippen molar-refractivity contribution in [3.8, 4) is 0 Å². The number of likely N-dealkylation sites (tertiary alicyclic amines) is 1. The maximum atomic E-state index is 13.5. The Labute approximate surface area is 203 Å². The van der Waals surface area contributed by atoms with Gasteiger partial charge in [0.1, 0.15) is 5.69 Å².